The Hall–Kier alpha value is 0.0934. The summed E-state index contributed by atoms with van der Waals surface area (Å²) in [6, 6.07) is 0. The van der Waals surface area contributed by atoms with Crippen molar-refractivity contribution in [3.63, 3.8) is 0 Å². The number of hydrogen-bond acceptors (Lipinski definition) is 2. The zero-order valence-electron chi connectivity index (χ0n) is 1.75. The van der Waals surface area contributed by atoms with Gasteiger partial charge < -0.3 is 9.90 Å². The third-order valence-electron chi connectivity index (χ3n) is 0. The molecule has 4 heavy (non-hydrogen) atoms. The number of rotatable bonds is 0. The molecule has 3 heteroatoms. The molecule has 0 heterocycles. The van der Waals surface area contributed by atoms with E-state index in [0.29, 0.717) is 0 Å². The first-order valence-electron chi connectivity index (χ1n) is 0.471. The summed E-state index contributed by atoms with van der Waals surface area (Å²) in [4.78, 5) is 8.25. The van der Waals surface area contributed by atoms with Gasteiger partial charge in [0.15, 0.2) is 0 Å². The van der Waals surface area contributed by atoms with Crippen molar-refractivity contribution >= 4 is 6.47 Å². The van der Waals surface area contributed by atoms with Gasteiger partial charge >= 0.3 is 19.5 Å². The van der Waals surface area contributed by atoms with Crippen LogP contribution in [-0.4, -0.2) is 6.47 Å². The van der Waals surface area contributed by atoms with Crippen LogP contribution in [0.5, 0.6) is 0 Å². The van der Waals surface area contributed by atoms with E-state index >= 15 is 0 Å². The first kappa shape index (κ1) is 8.94. The molecule has 0 unspecified atom stereocenters. The van der Waals surface area contributed by atoms with Crippen molar-refractivity contribution in [3.05, 3.63) is 0 Å². The zero-order chi connectivity index (χ0) is 2.71. The maximum Gasteiger partial charge on any atom is 1.00 e. The van der Waals surface area contributed by atoms with Crippen molar-refractivity contribution in [2.45, 2.75) is 0 Å². The zero-order valence-corrected chi connectivity index (χ0v) is 3.49. The van der Waals surface area contributed by atoms with Gasteiger partial charge in [-0.05, 0) is 0 Å². The molecular weight excluding hydrogens is 145 g/mol. The van der Waals surface area contributed by atoms with Gasteiger partial charge in [0.1, 0.15) is 0 Å². The summed E-state index contributed by atoms with van der Waals surface area (Å²) < 4.78 is 0. The van der Waals surface area contributed by atoms with Crippen LogP contribution in [0.4, 0.5) is 0 Å². The van der Waals surface area contributed by atoms with E-state index in [1.54, 1.807) is 0 Å². The SMILES string of the molecule is O=C[O-].[Ru+]. The Morgan fingerprint density at radius 2 is 1.75 bits per heavy atom. The van der Waals surface area contributed by atoms with Crippen LogP contribution in [-0.2, 0) is 24.3 Å². The molecule has 0 spiro atoms. The van der Waals surface area contributed by atoms with Gasteiger partial charge in [-0.2, -0.15) is 0 Å². The van der Waals surface area contributed by atoms with E-state index in [4.69, 9.17) is 9.90 Å². The summed E-state index contributed by atoms with van der Waals surface area (Å²) in [5.74, 6) is 0. The molecule has 0 aliphatic rings. The number of carbonyl (C=O) groups is 1. The summed E-state index contributed by atoms with van der Waals surface area (Å²) in [7, 11) is 0. The largest absolute Gasteiger partial charge is 1.00 e. The van der Waals surface area contributed by atoms with Crippen molar-refractivity contribution in [3.8, 4) is 0 Å². The summed E-state index contributed by atoms with van der Waals surface area (Å²) in [5, 5.41) is 8.25. The maximum absolute atomic E-state index is 8.25. The fourth-order valence-corrected chi connectivity index (χ4v) is 0. The van der Waals surface area contributed by atoms with Crippen LogP contribution in [0, 0.1) is 0 Å². The Morgan fingerprint density at radius 1 is 1.75 bits per heavy atom. The smallest absolute Gasteiger partial charge is 0.554 e. The molecule has 0 saturated heterocycles. The molecule has 1 radical (unpaired) electrons. The molecule has 2 nitrogen and oxygen atoms in total. The van der Waals surface area contributed by atoms with E-state index in [-0.39, 0.29) is 19.5 Å². The Bertz CT molecular complexity index is 13.5. The summed E-state index contributed by atoms with van der Waals surface area (Å²) >= 11 is 0. The van der Waals surface area contributed by atoms with Crippen molar-refractivity contribution < 1.29 is 29.4 Å². The average Bonchev–Trinajstić information content (AvgIpc) is 0.918. The molecule has 0 aliphatic heterocycles. The molecule has 0 aliphatic carbocycles. The Balaban J connectivity index is 0. The van der Waals surface area contributed by atoms with Crippen LogP contribution in [0.25, 0.3) is 0 Å². The van der Waals surface area contributed by atoms with E-state index in [0.717, 1.165) is 0 Å². The minimum Gasteiger partial charge on any atom is -0.554 e. The summed E-state index contributed by atoms with van der Waals surface area (Å²) in [6.07, 6.45) is 0. The van der Waals surface area contributed by atoms with Crippen LogP contribution < -0.4 is 5.11 Å². The second-order valence-electron chi connectivity index (χ2n) is 0.0962. The number of hydrogen-bond donors (Lipinski definition) is 0. The van der Waals surface area contributed by atoms with Crippen LogP contribution in [0.2, 0.25) is 0 Å². The van der Waals surface area contributed by atoms with E-state index in [9.17, 15) is 0 Å². The molecule has 0 saturated carbocycles. The second-order valence-corrected chi connectivity index (χ2v) is 0.0962. The van der Waals surface area contributed by atoms with E-state index in [2.05, 4.69) is 0 Å². The Kier molecular flexibility index (Phi) is 25.3. The first-order valence-corrected chi connectivity index (χ1v) is 0.471. The molecule has 0 N–H and O–H groups in total. The molecule has 25 valence electrons. The minimum absolute atomic E-state index is 0. The molecule has 0 aromatic heterocycles. The van der Waals surface area contributed by atoms with Gasteiger partial charge in [-0.3, -0.25) is 0 Å². The van der Waals surface area contributed by atoms with Gasteiger partial charge in [0.05, 0.1) is 0 Å². The van der Waals surface area contributed by atoms with Gasteiger partial charge in [-0.15, -0.1) is 0 Å². The molecule has 0 bridgehead atoms. The Labute approximate surface area is 36.6 Å². The van der Waals surface area contributed by atoms with Crippen LogP contribution in [0.15, 0.2) is 0 Å². The van der Waals surface area contributed by atoms with E-state index < -0.39 is 6.47 Å². The van der Waals surface area contributed by atoms with E-state index in [1.807, 2.05) is 0 Å². The quantitative estimate of drug-likeness (QED) is 0.304. The van der Waals surface area contributed by atoms with Gasteiger partial charge in [0, 0.05) is 6.47 Å². The normalized spacial score (nSPS) is 3.00. The predicted octanol–water partition coefficient (Wildman–Crippen LogP) is -1.64. The minimum atomic E-state index is -0.500. The van der Waals surface area contributed by atoms with Crippen LogP contribution in [0.1, 0.15) is 0 Å². The molecule has 0 atom stereocenters. The van der Waals surface area contributed by atoms with Crippen LogP contribution in [0.3, 0.4) is 0 Å². The van der Waals surface area contributed by atoms with Gasteiger partial charge in [0.25, 0.3) is 0 Å². The fourth-order valence-electron chi connectivity index (χ4n) is 0. The molecule has 0 aromatic rings. The Morgan fingerprint density at radius 3 is 1.75 bits per heavy atom. The van der Waals surface area contributed by atoms with E-state index in [1.165, 1.54) is 0 Å². The monoisotopic (exact) mass is 147 g/mol. The van der Waals surface area contributed by atoms with Gasteiger partial charge in [-0.25, -0.2) is 0 Å². The average molecular weight is 146 g/mol. The van der Waals surface area contributed by atoms with Gasteiger partial charge in [0.2, 0.25) is 0 Å². The van der Waals surface area contributed by atoms with Crippen molar-refractivity contribution in [2.24, 2.45) is 0 Å². The van der Waals surface area contributed by atoms with Gasteiger partial charge in [-0.1, -0.05) is 0 Å². The third kappa shape index (κ3) is 287. The van der Waals surface area contributed by atoms with Crippen molar-refractivity contribution in [2.75, 3.05) is 0 Å². The topological polar surface area (TPSA) is 40.1 Å². The number of carbonyl (C=O) groups excluding carboxylic acids is 1. The van der Waals surface area contributed by atoms with Crippen molar-refractivity contribution in [1.82, 2.24) is 0 Å². The number of carboxylic acid groups (broad SMARTS) is 1. The van der Waals surface area contributed by atoms with Crippen LogP contribution >= 0.6 is 0 Å². The molecular formula is CHO2Ru. The first-order chi connectivity index (χ1) is 1.41. The third-order valence-corrected chi connectivity index (χ3v) is 0. The fraction of sp³-hybridized carbons (Fsp3) is 0. The standard InChI is InChI=1S/CH2O2.Ru/c2-1-3;/h1H,(H,2,3);/q;+1/p-1. The molecule has 0 fully saturated rings. The molecule has 0 rings (SSSR count). The molecule has 0 aromatic carbocycles. The second kappa shape index (κ2) is 11.3. The molecule has 0 amide bonds. The maximum atomic E-state index is 8.25. The summed E-state index contributed by atoms with van der Waals surface area (Å²) in [5.41, 5.74) is 0. The predicted molar refractivity (Wildman–Crippen MR) is 6.06 cm³/mol. The van der Waals surface area contributed by atoms with Crippen molar-refractivity contribution in [1.29, 1.82) is 0 Å². The summed E-state index contributed by atoms with van der Waals surface area (Å²) in [6.45, 7) is -0.500.